The van der Waals surface area contributed by atoms with E-state index in [9.17, 15) is 4.79 Å². The van der Waals surface area contributed by atoms with Crippen molar-refractivity contribution in [2.24, 2.45) is 0 Å². The maximum atomic E-state index is 11.9. The van der Waals surface area contributed by atoms with Crippen molar-refractivity contribution in [1.82, 2.24) is 10.5 Å². The first-order valence-electron chi connectivity index (χ1n) is 6.81. The van der Waals surface area contributed by atoms with Gasteiger partial charge in [0.25, 0.3) is 0 Å². The lowest BCUT2D eigenvalue weighted by molar-refractivity contribution is 0.0984. The van der Waals surface area contributed by atoms with Crippen molar-refractivity contribution >= 4 is 11.8 Å². The smallest absolute Gasteiger partial charge is 0.320 e. The summed E-state index contributed by atoms with van der Waals surface area (Å²) < 4.78 is 10.8. The Bertz CT molecular complexity index is 471. The number of amides is 2. The third kappa shape index (κ3) is 2.58. The lowest BCUT2D eigenvalue weighted by atomic mass is 9.96. The molecular formula is C13H19N3O3. The van der Waals surface area contributed by atoms with Crippen LogP contribution in [0, 0.1) is 0 Å². The highest BCUT2D eigenvalue weighted by Crippen LogP contribution is 2.34. The van der Waals surface area contributed by atoms with E-state index in [1.807, 2.05) is 13.8 Å². The third-order valence-corrected chi connectivity index (χ3v) is 3.76. The van der Waals surface area contributed by atoms with Crippen LogP contribution >= 0.6 is 0 Å². The first-order chi connectivity index (χ1) is 9.11. The van der Waals surface area contributed by atoms with E-state index in [1.54, 1.807) is 6.07 Å². The molecule has 0 saturated carbocycles. The van der Waals surface area contributed by atoms with Crippen molar-refractivity contribution < 1.29 is 14.1 Å². The van der Waals surface area contributed by atoms with E-state index in [-0.39, 0.29) is 24.1 Å². The molecule has 19 heavy (non-hydrogen) atoms. The molecule has 2 aliphatic rings. The van der Waals surface area contributed by atoms with E-state index in [0.29, 0.717) is 11.9 Å². The number of rotatable bonds is 3. The molecule has 2 bridgehead atoms. The zero-order valence-electron chi connectivity index (χ0n) is 11.2. The molecule has 3 rings (SSSR count). The molecule has 2 N–H and O–H groups in total. The highest BCUT2D eigenvalue weighted by atomic mass is 16.5. The van der Waals surface area contributed by atoms with E-state index in [0.717, 1.165) is 25.0 Å². The largest absolute Gasteiger partial charge is 0.373 e. The Labute approximate surface area is 111 Å². The summed E-state index contributed by atoms with van der Waals surface area (Å²) >= 11 is 0. The zero-order chi connectivity index (χ0) is 13.4. The fraction of sp³-hybridized carbons (Fsp3) is 0.692. The number of urea groups is 1. The van der Waals surface area contributed by atoms with Gasteiger partial charge in [-0.3, -0.25) is 5.32 Å². The van der Waals surface area contributed by atoms with Gasteiger partial charge in [0, 0.05) is 12.0 Å². The number of hydrogen-bond acceptors (Lipinski definition) is 4. The molecule has 0 unspecified atom stereocenters. The third-order valence-electron chi connectivity index (χ3n) is 3.76. The first kappa shape index (κ1) is 12.5. The number of aromatic nitrogens is 1. The minimum Gasteiger partial charge on any atom is -0.373 e. The monoisotopic (exact) mass is 265 g/mol. The SMILES string of the molecule is CC(C)c1cc(NC(=O)N[C@@H]2C[C@@H]3CC[C@H]2O3)no1. The van der Waals surface area contributed by atoms with Crippen LogP contribution in [-0.2, 0) is 4.74 Å². The molecule has 6 heteroatoms. The van der Waals surface area contributed by atoms with E-state index >= 15 is 0 Å². The van der Waals surface area contributed by atoms with Crippen molar-refractivity contribution in [3.8, 4) is 0 Å². The number of ether oxygens (including phenoxy) is 1. The van der Waals surface area contributed by atoms with E-state index in [2.05, 4.69) is 15.8 Å². The molecule has 6 nitrogen and oxygen atoms in total. The number of nitrogens with zero attached hydrogens (tertiary/aromatic N) is 1. The van der Waals surface area contributed by atoms with Crippen LogP contribution in [0.4, 0.5) is 10.6 Å². The molecule has 3 atom stereocenters. The Balaban J connectivity index is 1.53. The second-order valence-electron chi connectivity index (χ2n) is 5.58. The number of carbonyl (C=O) groups is 1. The van der Waals surface area contributed by atoms with Gasteiger partial charge >= 0.3 is 6.03 Å². The van der Waals surface area contributed by atoms with E-state index in [1.165, 1.54) is 0 Å². The topological polar surface area (TPSA) is 76.4 Å². The van der Waals surface area contributed by atoms with Gasteiger partial charge < -0.3 is 14.6 Å². The maximum Gasteiger partial charge on any atom is 0.320 e. The van der Waals surface area contributed by atoms with Crippen LogP contribution in [0.5, 0.6) is 0 Å². The number of hydrogen-bond donors (Lipinski definition) is 2. The maximum absolute atomic E-state index is 11.9. The predicted octanol–water partition coefficient (Wildman–Crippen LogP) is 2.24. The first-order valence-corrected chi connectivity index (χ1v) is 6.81. The minimum absolute atomic E-state index is 0.121. The Morgan fingerprint density at radius 2 is 2.32 bits per heavy atom. The number of nitrogens with one attached hydrogen (secondary N) is 2. The standard InChI is InChI=1S/C13H19N3O3/c1-7(2)11-6-12(16-19-11)15-13(17)14-9-5-8-3-4-10(9)18-8/h6-10H,3-5H2,1-2H3,(H2,14,15,16,17)/t8-,9+,10+/m0/s1. The Morgan fingerprint density at radius 1 is 1.47 bits per heavy atom. The van der Waals surface area contributed by atoms with Crippen molar-refractivity contribution in [3.05, 3.63) is 11.8 Å². The summed E-state index contributed by atoms with van der Waals surface area (Å²) in [5.74, 6) is 1.47. The van der Waals surface area contributed by atoms with E-state index in [4.69, 9.17) is 9.26 Å². The number of fused-ring (bicyclic) bond motifs is 2. The van der Waals surface area contributed by atoms with Gasteiger partial charge in [-0.15, -0.1) is 0 Å². The molecule has 1 aromatic heterocycles. The minimum atomic E-state index is -0.246. The Kier molecular flexibility index (Phi) is 3.18. The summed E-state index contributed by atoms with van der Waals surface area (Å²) in [5.41, 5.74) is 0. The molecule has 2 aliphatic heterocycles. The molecule has 2 amide bonds. The molecular weight excluding hydrogens is 246 g/mol. The summed E-state index contributed by atoms with van der Waals surface area (Å²) in [4.78, 5) is 11.9. The van der Waals surface area contributed by atoms with Gasteiger partial charge in [0.2, 0.25) is 0 Å². The van der Waals surface area contributed by atoms with Crippen molar-refractivity contribution in [2.45, 2.75) is 57.3 Å². The molecule has 0 spiro atoms. The van der Waals surface area contributed by atoms with Crippen LogP contribution in [0.1, 0.15) is 44.8 Å². The fourth-order valence-electron chi connectivity index (χ4n) is 2.73. The summed E-state index contributed by atoms with van der Waals surface area (Å²) in [7, 11) is 0. The van der Waals surface area contributed by atoms with Gasteiger partial charge in [-0.05, 0) is 19.3 Å². The highest BCUT2D eigenvalue weighted by molar-refractivity contribution is 5.88. The molecule has 2 saturated heterocycles. The van der Waals surface area contributed by atoms with Crippen LogP contribution in [0.3, 0.4) is 0 Å². The quantitative estimate of drug-likeness (QED) is 0.878. The van der Waals surface area contributed by atoms with E-state index < -0.39 is 0 Å². The van der Waals surface area contributed by atoms with Gasteiger partial charge in [-0.1, -0.05) is 19.0 Å². The number of anilines is 1. The lowest BCUT2D eigenvalue weighted by Crippen LogP contribution is -2.43. The zero-order valence-corrected chi connectivity index (χ0v) is 11.2. The van der Waals surface area contributed by atoms with Gasteiger partial charge in [0.15, 0.2) is 5.82 Å². The van der Waals surface area contributed by atoms with Crippen LogP contribution in [0.2, 0.25) is 0 Å². The van der Waals surface area contributed by atoms with Crippen molar-refractivity contribution in [3.63, 3.8) is 0 Å². The fourth-order valence-corrected chi connectivity index (χ4v) is 2.73. The second kappa shape index (κ2) is 4.85. The molecule has 1 aromatic rings. The van der Waals surface area contributed by atoms with Crippen LogP contribution in [0.25, 0.3) is 0 Å². The average molecular weight is 265 g/mol. The summed E-state index contributed by atoms with van der Waals surface area (Å²) in [5, 5.41) is 9.46. The average Bonchev–Trinajstić information content (AvgIpc) is 3.03. The van der Waals surface area contributed by atoms with Gasteiger partial charge in [0.05, 0.1) is 18.2 Å². The molecule has 0 radical (unpaired) electrons. The lowest BCUT2D eigenvalue weighted by Gasteiger charge is -2.19. The molecule has 3 heterocycles. The van der Waals surface area contributed by atoms with Crippen LogP contribution < -0.4 is 10.6 Å². The summed E-state index contributed by atoms with van der Waals surface area (Å²) in [6.07, 6.45) is 3.57. The molecule has 0 aromatic carbocycles. The number of carbonyl (C=O) groups excluding carboxylic acids is 1. The van der Waals surface area contributed by atoms with Gasteiger partial charge in [0.1, 0.15) is 5.76 Å². The van der Waals surface area contributed by atoms with Crippen LogP contribution in [0.15, 0.2) is 10.6 Å². The summed E-state index contributed by atoms with van der Waals surface area (Å²) in [6.45, 7) is 4.02. The van der Waals surface area contributed by atoms with Gasteiger partial charge in [-0.2, -0.15) is 0 Å². The molecule has 0 aliphatic carbocycles. The second-order valence-corrected chi connectivity index (χ2v) is 5.58. The molecule has 104 valence electrons. The summed E-state index contributed by atoms with van der Waals surface area (Å²) in [6, 6.07) is 1.63. The van der Waals surface area contributed by atoms with Crippen molar-refractivity contribution in [2.75, 3.05) is 5.32 Å². The van der Waals surface area contributed by atoms with Gasteiger partial charge in [-0.25, -0.2) is 4.79 Å². The van der Waals surface area contributed by atoms with Crippen LogP contribution in [-0.4, -0.2) is 29.4 Å². The Hall–Kier alpha value is -1.56. The normalized spacial score (nSPS) is 28.9. The predicted molar refractivity (Wildman–Crippen MR) is 69.0 cm³/mol. The van der Waals surface area contributed by atoms with Crippen molar-refractivity contribution in [1.29, 1.82) is 0 Å². The Morgan fingerprint density at radius 3 is 2.89 bits per heavy atom. The highest BCUT2D eigenvalue weighted by Gasteiger charge is 2.41. The molecule has 2 fully saturated rings.